The number of hydrogen-bond donors (Lipinski definition) is 1. The van der Waals surface area contributed by atoms with Gasteiger partial charge in [-0.05, 0) is 64.3 Å². The summed E-state index contributed by atoms with van der Waals surface area (Å²) in [5.74, 6) is 0.185. The molecule has 1 aromatic carbocycles. The van der Waals surface area contributed by atoms with Crippen molar-refractivity contribution in [3.8, 4) is 0 Å². The first-order chi connectivity index (χ1) is 17.7. The van der Waals surface area contributed by atoms with Crippen LogP contribution in [-0.2, 0) is 18.0 Å². The van der Waals surface area contributed by atoms with Crippen LogP contribution < -0.4 is 10.9 Å². The normalized spacial score (nSPS) is 17.4. The van der Waals surface area contributed by atoms with Gasteiger partial charge in [-0.3, -0.25) is 9.36 Å². The Morgan fingerprint density at radius 3 is 2.61 bits per heavy atom. The fraction of sp³-hybridized carbons (Fsp3) is 0.481. The van der Waals surface area contributed by atoms with Crippen LogP contribution in [0.2, 0.25) is 0 Å². The summed E-state index contributed by atoms with van der Waals surface area (Å²) in [5.41, 5.74) is -0.212. The molecule has 3 heterocycles. The van der Waals surface area contributed by atoms with Gasteiger partial charge >= 0.3 is 12.3 Å². The van der Waals surface area contributed by atoms with Crippen LogP contribution >= 0.6 is 0 Å². The number of ether oxygens (including phenoxy) is 1. The third kappa shape index (κ3) is 5.92. The number of carbonyl (C=O) groups is 1. The van der Waals surface area contributed by atoms with Gasteiger partial charge in [0.25, 0.3) is 5.56 Å². The summed E-state index contributed by atoms with van der Waals surface area (Å²) in [6.45, 7) is 8.05. The molecule has 2 aromatic heterocycles. The minimum absolute atomic E-state index is 0.215. The van der Waals surface area contributed by atoms with Crippen LogP contribution in [0.1, 0.15) is 69.2 Å². The number of nitrogens with one attached hydrogen (secondary N) is 1. The average Bonchev–Trinajstić information content (AvgIpc) is 2.85. The highest BCUT2D eigenvalue weighted by Gasteiger charge is 2.32. The Kier molecular flexibility index (Phi) is 7.40. The fourth-order valence-corrected chi connectivity index (χ4v) is 4.70. The second kappa shape index (κ2) is 10.3. The van der Waals surface area contributed by atoms with Crippen LogP contribution in [0.3, 0.4) is 0 Å². The summed E-state index contributed by atoms with van der Waals surface area (Å²) in [4.78, 5) is 36.2. The molecule has 0 spiro atoms. The number of rotatable bonds is 4. The van der Waals surface area contributed by atoms with Crippen LogP contribution in [0.15, 0.2) is 41.5 Å². The van der Waals surface area contributed by atoms with Gasteiger partial charge in [0.15, 0.2) is 0 Å². The van der Waals surface area contributed by atoms with Crippen molar-refractivity contribution in [1.82, 2.24) is 19.4 Å². The van der Waals surface area contributed by atoms with E-state index in [0.29, 0.717) is 47.5 Å². The van der Waals surface area contributed by atoms with Crippen molar-refractivity contribution in [3.63, 3.8) is 0 Å². The van der Waals surface area contributed by atoms with Gasteiger partial charge < -0.3 is 15.0 Å². The van der Waals surface area contributed by atoms with Crippen molar-refractivity contribution in [2.24, 2.45) is 7.05 Å². The van der Waals surface area contributed by atoms with Crippen LogP contribution in [0.25, 0.3) is 11.0 Å². The van der Waals surface area contributed by atoms with Crippen molar-refractivity contribution in [2.75, 3.05) is 18.4 Å². The largest absolute Gasteiger partial charge is 0.444 e. The number of alkyl halides is 3. The van der Waals surface area contributed by atoms with E-state index in [2.05, 4.69) is 15.3 Å². The molecule has 1 saturated heterocycles. The van der Waals surface area contributed by atoms with Crippen molar-refractivity contribution in [2.45, 2.75) is 64.3 Å². The molecule has 1 amide bonds. The summed E-state index contributed by atoms with van der Waals surface area (Å²) in [6.07, 6.45) is -2.11. The van der Waals surface area contributed by atoms with E-state index >= 15 is 0 Å². The molecule has 2 atom stereocenters. The number of fused-ring (bicyclic) bond motifs is 1. The number of pyridine rings is 1. The summed E-state index contributed by atoms with van der Waals surface area (Å²) >= 11 is 0. The van der Waals surface area contributed by atoms with E-state index in [-0.39, 0.29) is 11.5 Å². The third-order valence-electron chi connectivity index (χ3n) is 6.61. The highest BCUT2D eigenvalue weighted by Crippen LogP contribution is 2.33. The number of aromatic nitrogens is 3. The number of carbonyl (C=O) groups excluding carboxylic acids is 1. The molecule has 4 rings (SSSR count). The van der Waals surface area contributed by atoms with Crippen molar-refractivity contribution < 1.29 is 22.7 Å². The molecule has 0 saturated carbocycles. The van der Waals surface area contributed by atoms with Crippen molar-refractivity contribution in [3.05, 3.63) is 63.7 Å². The first-order valence-electron chi connectivity index (χ1n) is 12.5. The highest BCUT2D eigenvalue weighted by molar-refractivity contribution is 5.87. The average molecular weight is 532 g/mol. The third-order valence-corrected chi connectivity index (χ3v) is 6.61. The molecule has 11 heteroatoms. The molecular formula is C27H32F3N5O3. The predicted molar refractivity (Wildman–Crippen MR) is 138 cm³/mol. The molecule has 8 nitrogen and oxygen atoms in total. The van der Waals surface area contributed by atoms with E-state index in [1.54, 1.807) is 51.8 Å². The molecule has 0 unspecified atom stereocenters. The van der Waals surface area contributed by atoms with E-state index in [1.807, 2.05) is 0 Å². The zero-order valence-corrected chi connectivity index (χ0v) is 22.1. The molecule has 1 N–H and O–H groups in total. The maximum absolute atomic E-state index is 13.3. The fourth-order valence-electron chi connectivity index (χ4n) is 4.70. The number of aryl methyl sites for hydroxylation is 1. The van der Waals surface area contributed by atoms with E-state index in [0.717, 1.165) is 18.6 Å². The lowest BCUT2D eigenvalue weighted by Gasteiger charge is -2.34. The van der Waals surface area contributed by atoms with Gasteiger partial charge in [-0.15, -0.1) is 0 Å². The van der Waals surface area contributed by atoms with Gasteiger partial charge in [0, 0.05) is 37.7 Å². The Labute approximate surface area is 218 Å². The second-order valence-electron chi connectivity index (χ2n) is 10.7. The topological polar surface area (TPSA) is 89.4 Å². The quantitative estimate of drug-likeness (QED) is 0.469. The zero-order chi connectivity index (χ0) is 27.8. The number of hydrogen-bond acceptors (Lipinski definition) is 6. The number of benzene rings is 1. The Bertz CT molecular complexity index is 1400. The minimum Gasteiger partial charge on any atom is -0.444 e. The number of nitrogens with zero attached hydrogens (tertiary/aromatic N) is 4. The monoisotopic (exact) mass is 531 g/mol. The number of anilines is 1. The van der Waals surface area contributed by atoms with Crippen LogP contribution in [0.4, 0.5) is 23.8 Å². The molecule has 1 aliphatic heterocycles. The lowest BCUT2D eigenvalue weighted by Crippen LogP contribution is -2.43. The van der Waals surface area contributed by atoms with E-state index < -0.39 is 29.5 Å². The van der Waals surface area contributed by atoms with Crippen molar-refractivity contribution in [1.29, 1.82) is 0 Å². The molecule has 0 radical (unpaired) electrons. The van der Waals surface area contributed by atoms with Gasteiger partial charge in [-0.1, -0.05) is 12.1 Å². The molecular weight excluding hydrogens is 499 g/mol. The molecule has 38 heavy (non-hydrogen) atoms. The van der Waals surface area contributed by atoms with Crippen molar-refractivity contribution >= 4 is 22.9 Å². The van der Waals surface area contributed by atoms with E-state index in [9.17, 15) is 22.8 Å². The standard InChI is InChI=1S/C27H32F3N5O3/c1-16(17-8-6-10-19(12-17)27(28,29)30)33-22-21-13-20(24(36)34(5)23(21)32-15-31-22)18-9-7-11-35(14-18)25(37)38-26(2,3)4/h6,8,10,12-13,15-16,18H,7,9,11,14H2,1-5H3,(H,31,32,33)/t16-,18+/m1/s1. The predicted octanol–water partition coefficient (Wildman–Crippen LogP) is 5.63. The number of halogens is 3. The van der Waals surface area contributed by atoms with Crippen LogP contribution in [0, 0.1) is 0 Å². The number of amides is 1. The summed E-state index contributed by atoms with van der Waals surface area (Å²) in [6, 6.07) is 6.36. The lowest BCUT2D eigenvalue weighted by atomic mass is 9.91. The molecule has 3 aromatic rings. The van der Waals surface area contributed by atoms with E-state index in [4.69, 9.17) is 4.74 Å². The Morgan fingerprint density at radius 1 is 1.18 bits per heavy atom. The number of piperidine rings is 1. The maximum Gasteiger partial charge on any atom is 0.416 e. The van der Waals surface area contributed by atoms with Gasteiger partial charge in [-0.25, -0.2) is 14.8 Å². The Morgan fingerprint density at radius 2 is 1.92 bits per heavy atom. The van der Waals surface area contributed by atoms with Crippen LogP contribution in [0.5, 0.6) is 0 Å². The first-order valence-corrected chi connectivity index (χ1v) is 12.5. The zero-order valence-electron chi connectivity index (χ0n) is 22.1. The van der Waals surface area contributed by atoms with Crippen LogP contribution in [-0.4, -0.2) is 44.2 Å². The summed E-state index contributed by atoms with van der Waals surface area (Å²) < 4.78 is 46.6. The molecule has 1 aliphatic rings. The number of likely N-dealkylation sites (tertiary alicyclic amines) is 1. The minimum atomic E-state index is -4.45. The molecule has 1 fully saturated rings. The second-order valence-corrected chi connectivity index (χ2v) is 10.7. The van der Waals surface area contributed by atoms with Gasteiger partial charge in [0.05, 0.1) is 10.9 Å². The van der Waals surface area contributed by atoms with E-state index in [1.165, 1.54) is 17.0 Å². The highest BCUT2D eigenvalue weighted by atomic mass is 19.4. The Balaban J connectivity index is 1.67. The van der Waals surface area contributed by atoms with Gasteiger partial charge in [0.2, 0.25) is 0 Å². The molecule has 0 aliphatic carbocycles. The van der Waals surface area contributed by atoms with Gasteiger partial charge in [-0.2, -0.15) is 13.2 Å². The summed E-state index contributed by atoms with van der Waals surface area (Å²) in [7, 11) is 1.62. The molecule has 204 valence electrons. The van der Waals surface area contributed by atoms with Gasteiger partial charge in [0.1, 0.15) is 23.4 Å². The summed E-state index contributed by atoms with van der Waals surface area (Å²) in [5, 5.41) is 3.76. The molecule has 0 bridgehead atoms. The SMILES string of the molecule is C[C@@H](Nc1ncnc2c1cc([C@H]1CCCN(C(=O)OC(C)(C)C)C1)c(=O)n2C)c1cccc(C(F)(F)F)c1. The lowest BCUT2D eigenvalue weighted by molar-refractivity contribution is -0.137. The maximum atomic E-state index is 13.3. The Hall–Kier alpha value is -3.63. The smallest absolute Gasteiger partial charge is 0.416 e. The first kappa shape index (κ1) is 27.4.